The summed E-state index contributed by atoms with van der Waals surface area (Å²) in [5, 5.41) is 3.33. The molecule has 0 aromatic heterocycles. The van der Waals surface area contributed by atoms with Crippen LogP contribution in [0.2, 0.25) is 0 Å². The number of ether oxygens (including phenoxy) is 2. The van der Waals surface area contributed by atoms with Crippen molar-refractivity contribution in [2.24, 2.45) is 11.3 Å². The van der Waals surface area contributed by atoms with Gasteiger partial charge in [0.25, 0.3) is 0 Å². The number of hydrogen-bond donors (Lipinski definition) is 1. The van der Waals surface area contributed by atoms with E-state index in [2.05, 4.69) is 19.2 Å². The second kappa shape index (κ2) is 5.09. The molecular formula is C16H21NO3. The summed E-state index contributed by atoms with van der Waals surface area (Å²) in [5.74, 6) is 1.95. The van der Waals surface area contributed by atoms with Gasteiger partial charge in [-0.05, 0) is 37.1 Å². The van der Waals surface area contributed by atoms with Crippen LogP contribution in [0.1, 0.15) is 30.6 Å². The zero-order valence-corrected chi connectivity index (χ0v) is 12.1. The standard InChI is InChI=1S/C16H21NO3/c1-11(2)16(5-6-17-10-16)15(18)12-3-4-13-14(9-12)20-8-7-19-13/h3-4,9,11,17H,5-8,10H2,1-2H3. The highest BCUT2D eigenvalue weighted by atomic mass is 16.6. The molecule has 1 saturated heterocycles. The fraction of sp³-hybridized carbons (Fsp3) is 0.562. The monoisotopic (exact) mass is 275 g/mol. The van der Waals surface area contributed by atoms with E-state index in [4.69, 9.17) is 9.47 Å². The van der Waals surface area contributed by atoms with E-state index in [-0.39, 0.29) is 11.2 Å². The van der Waals surface area contributed by atoms with Crippen LogP contribution in [-0.2, 0) is 0 Å². The smallest absolute Gasteiger partial charge is 0.170 e. The van der Waals surface area contributed by atoms with Crippen molar-refractivity contribution in [2.45, 2.75) is 20.3 Å². The van der Waals surface area contributed by atoms with Gasteiger partial charge < -0.3 is 14.8 Å². The quantitative estimate of drug-likeness (QED) is 0.860. The van der Waals surface area contributed by atoms with Crippen LogP contribution in [0, 0.1) is 11.3 Å². The third-order valence-electron chi connectivity index (χ3n) is 4.55. The number of Topliss-reactive ketones (excluding diaryl/α,β-unsaturated/α-hetero) is 1. The van der Waals surface area contributed by atoms with Gasteiger partial charge in [0.2, 0.25) is 0 Å². The number of fused-ring (bicyclic) bond motifs is 1. The van der Waals surface area contributed by atoms with Crippen LogP contribution in [-0.4, -0.2) is 32.1 Å². The SMILES string of the molecule is CC(C)C1(C(=O)c2ccc3c(c2)OCCO3)CCNC1. The molecule has 0 bridgehead atoms. The number of carbonyl (C=O) groups is 1. The molecule has 0 amide bonds. The Labute approximate surface area is 119 Å². The van der Waals surface area contributed by atoms with Crippen molar-refractivity contribution in [2.75, 3.05) is 26.3 Å². The first-order valence-corrected chi connectivity index (χ1v) is 7.29. The summed E-state index contributed by atoms with van der Waals surface area (Å²) >= 11 is 0. The minimum absolute atomic E-state index is 0.217. The van der Waals surface area contributed by atoms with E-state index < -0.39 is 0 Å². The van der Waals surface area contributed by atoms with Crippen LogP contribution in [0.5, 0.6) is 11.5 Å². The van der Waals surface area contributed by atoms with Gasteiger partial charge >= 0.3 is 0 Å². The zero-order chi connectivity index (χ0) is 14.2. The van der Waals surface area contributed by atoms with Gasteiger partial charge in [0.1, 0.15) is 13.2 Å². The minimum Gasteiger partial charge on any atom is -0.486 e. The Balaban J connectivity index is 1.93. The molecule has 2 aliphatic heterocycles. The lowest BCUT2D eigenvalue weighted by atomic mass is 9.71. The third-order valence-corrected chi connectivity index (χ3v) is 4.55. The molecule has 2 aliphatic rings. The van der Waals surface area contributed by atoms with E-state index in [1.165, 1.54) is 0 Å². The molecule has 2 heterocycles. The van der Waals surface area contributed by atoms with Gasteiger partial charge in [-0.2, -0.15) is 0 Å². The van der Waals surface area contributed by atoms with E-state index >= 15 is 0 Å². The molecule has 3 rings (SSSR count). The normalized spacial score (nSPS) is 24.9. The molecule has 1 fully saturated rings. The molecular weight excluding hydrogens is 254 g/mol. The highest BCUT2D eigenvalue weighted by Crippen LogP contribution is 2.39. The Kier molecular flexibility index (Phi) is 3.42. The first-order valence-electron chi connectivity index (χ1n) is 7.29. The fourth-order valence-corrected chi connectivity index (χ4v) is 3.13. The number of hydrogen-bond acceptors (Lipinski definition) is 4. The number of ketones is 1. The molecule has 0 spiro atoms. The van der Waals surface area contributed by atoms with Gasteiger partial charge in [0.15, 0.2) is 17.3 Å². The van der Waals surface area contributed by atoms with Crippen molar-refractivity contribution < 1.29 is 14.3 Å². The van der Waals surface area contributed by atoms with Crippen LogP contribution >= 0.6 is 0 Å². The van der Waals surface area contributed by atoms with Crippen LogP contribution in [0.4, 0.5) is 0 Å². The Morgan fingerprint density at radius 2 is 2.00 bits per heavy atom. The number of benzene rings is 1. The molecule has 4 nitrogen and oxygen atoms in total. The predicted molar refractivity (Wildman–Crippen MR) is 76.5 cm³/mol. The lowest BCUT2D eigenvalue weighted by Crippen LogP contribution is -2.38. The average Bonchev–Trinajstić information content (AvgIpc) is 2.97. The largest absolute Gasteiger partial charge is 0.486 e. The maximum Gasteiger partial charge on any atom is 0.170 e. The van der Waals surface area contributed by atoms with E-state index in [9.17, 15) is 4.79 Å². The Morgan fingerprint density at radius 3 is 2.65 bits per heavy atom. The van der Waals surface area contributed by atoms with E-state index in [1.807, 2.05) is 18.2 Å². The lowest BCUT2D eigenvalue weighted by molar-refractivity contribution is 0.0739. The van der Waals surface area contributed by atoms with Crippen molar-refractivity contribution in [3.63, 3.8) is 0 Å². The molecule has 1 aromatic rings. The molecule has 1 unspecified atom stereocenters. The molecule has 4 heteroatoms. The molecule has 0 aliphatic carbocycles. The summed E-state index contributed by atoms with van der Waals surface area (Å²) in [4.78, 5) is 13.0. The van der Waals surface area contributed by atoms with Crippen LogP contribution in [0.3, 0.4) is 0 Å². The fourth-order valence-electron chi connectivity index (χ4n) is 3.13. The lowest BCUT2D eigenvalue weighted by Gasteiger charge is -2.31. The Hall–Kier alpha value is -1.55. The van der Waals surface area contributed by atoms with Crippen LogP contribution in [0.15, 0.2) is 18.2 Å². The Bertz CT molecular complexity index is 518. The number of nitrogens with one attached hydrogen (secondary N) is 1. The third kappa shape index (κ3) is 2.08. The van der Waals surface area contributed by atoms with Gasteiger partial charge in [-0.3, -0.25) is 4.79 Å². The first kappa shape index (κ1) is 13.4. The maximum atomic E-state index is 13.0. The van der Waals surface area contributed by atoms with Crippen LogP contribution < -0.4 is 14.8 Å². The van der Waals surface area contributed by atoms with E-state index in [1.54, 1.807) is 0 Å². The Morgan fingerprint density at radius 1 is 1.25 bits per heavy atom. The zero-order valence-electron chi connectivity index (χ0n) is 12.1. The molecule has 20 heavy (non-hydrogen) atoms. The summed E-state index contributed by atoms with van der Waals surface area (Å²) in [6.45, 7) is 7.04. The topological polar surface area (TPSA) is 47.6 Å². The van der Waals surface area contributed by atoms with Gasteiger partial charge in [0, 0.05) is 17.5 Å². The average molecular weight is 275 g/mol. The molecule has 108 valence electrons. The van der Waals surface area contributed by atoms with Crippen LogP contribution in [0.25, 0.3) is 0 Å². The highest BCUT2D eigenvalue weighted by molar-refractivity contribution is 6.01. The molecule has 1 atom stereocenters. The number of rotatable bonds is 3. The number of carbonyl (C=O) groups excluding carboxylic acids is 1. The first-order chi connectivity index (χ1) is 9.63. The maximum absolute atomic E-state index is 13.0. The highest BCUT2D eigenvalue weighted by Gasteiger charge is 2.44. The predicted octanol–water partition coefficient (Wildman–Crippen LogP) is 2.28. The summed E-state index contributed by atoms with van der Waals surface area (Å²) < 4.78 is 11.1. The van der Waals surface area contributed by atoms with Crippen molar-refractivity contribution in [1.29, 1.82) is 0 Å². The molecule has 0 saturated carbocycles. The molecule has 1 aromatic carbocycles. The van der Waals surface area contributed by atoms with Gasteiger partial charge in [-0.25, -0.2) is 0 Å². The van der Waals surface area contributed by atoms with E-state index in [0.717, 1.165) is 30.8 Å². The summed E-state index contributed by atoms with van der Waals surface area (Å²) in [5.41, 5.74) is 0.440. The van der Waals surface area contributed by atoms with Gasteiger partial charge in [-0.15, -0.1) is 0 Å². The van der Waals surface area contributed by atoms with Crippen molar-refractivity contribution >= 4 is 5.78 Å². The van der Waals surface area contributed by atoms with Crippen molar-refractivity contribution in [3.05, 3.63) is 23.8 Å². The van der Waals surface area contributed by atoms with Gasteiger partial charge in [-0.1, -0.05) is 13.8 Å². The van der Waals surface area contributed by atoms with E-state index in [0.29, 0.717) is 24.9 Å². The summed E-state index contributed by atoms with van der Waals surface area (Å²) in [7, 11) is 0. The summed E-state index contributed by atoms with van der Waals surface area (Å²) in [6, 6.07) is 5.54. The second-order valence-electron chi connectivity index (χ2n) is 5.93. The second-order valence-corrected chi connectivity index (χ2v) is 5.93. The van der Waals surface area contributed by atoms with Crippen molar-refractivity contribution in [1.82, 2.24) is 5.32 Å². The van der Waals surface area contributed by atoms with Gasteiger partial charge in [0.05, 0.1) is 0 Å². The summed E-state index contributed by atoms with van der Waals surface area (Å²) in [6.07, 6.45) is 0.901. The molecule has 0 radical (unpaired) electrons. The minimum atomic E-state index is -0.288. The molecule has 1 N–H and O–H groups in total. The van der Waals surface area contributed by atoms with Crippen molar-refractivity contribution in [3.8, 4) is 11.5 Å².